The van der Waals surface area contributed by atoms with E-state index in [1.807, 2.05) is 0 Å². The van der Waals surface area contributed by atoms with Crippen molar-refractivity contribution in [3.63, 3.8) is 0 Å². The number of imidazole rings is 1. The Morgan fingerprint density at radius 1 is 1.14 bits per heavy atom. The maximum atomic E-state index is 6.41. The molecular weight excluding hydrogens is 258 g/mol. The molecule has 0 saturated heterocycles. The summed E-state index contributed by atoms with van der Waals surface area (Å²) in [4.78, 5) is 4.85. The molecule has 0 fully saturated rings. The van der Waals surface area contributed by atoms with Crippen molar-refractivity contribution in [1.82, 2.24) is 9.55 Å². The van der Waals surface area contributed by atoms with E-state index < -0.39 is 0 Å². The normalized spacial score (nSPS) is 11.0. The van der Waals surface area contributed by atoms with Crippen molar-refractivity contribution in [2.24, 2.45) is 0 Å². The van der Waals surface area contributed by atoms with Crippen LogP contribution in [0.4, 0.5) is 5.82 Å². The van der Waals surface area contributed by atoms with Gasteiger partial charge in [-0.15, -0.1) is 0 Å². The Hall–Kier alpha value is -1.77. The molecule has 2 N–H and O–H groups in total. The first-order chi connectivity index (χ1) is 10.1. The van der Waals surface area contributed by atoms with Crippen LogP contribution < -0.4 is 5.73 Å². The maximum absolute atomic E-state index is 6.41. The average molecular weight is 285 g/mol. The van der Waals surface area contributed by atoms with Gasteiger partial charge in [-0.1, -0.05) is 44.0 Å². The van der Waals surface area contributed by atoms with Gasteiger partial charge in [0.05, 0.1) is 0 Å². The summed E-state index contributed by atoms with van der Waals surface area (Å²) in [6, 6.07) is 6.47. The second kappa shape index (κ2) is 6.79. The van der Waals surface area contributed by atoms with Gasteiger partial charge in [0.1, 0.15) is 17.3 Å². The highest BCUT2D eigenvalue weighted by Crippen LogP contribution is 2.30. The number of nitrogens with zero attached hydrogens (tertiary/aromatic N) is 2. The number of nitrogen functional groups attached to an aromatic ring is 1. The zero-order valence-corrected chi connectivity index (χ0v) is 13.7. The number of unbranched alkanes of at least 4 members (excludes halogenated alkanes) is 1. The topological polar surface area (TPSA) is 43.8 Å². The van der Waals surface area contributed by atoms with Crippen LogP contribution in [0, 0.1) is 13.8 Å². The number of rotatable bonds is 6. The molecule has 1 aromatic heterocycles. The van der Waals surface area contributed by atoms with Crippen molar-refractivity contribution in [2.45, 2.75) is 59.9 Å². The number of nitrogens with two attached hydrogens (primary N) is 1. The number of benzene rings is 1. The Morgan fingerprint density at radius 2 is 1.90 bits per heavy atom. The fourth-order valence-corrected chi connectivity index (χ4v) is 2.77. The molecule has 3 heteroatoms. The van der Waals surface area contributed by atoms with E-state index in [2.05, 4.69) is 50.5 Å². The highest BCUT2D eigenvalue weighted by atomic mass is 15.1. The first-order valence-corrected chi connectivity index (χ1v) is 8.01. The minimum atomic E-state index is 0.818. The third-order valence-electron chi connectivity index (χ3n) is 3.93. The summed E-state index contributed by atoms with van der Waals surface area (Å²) in [5, 5.41) is 0. The molecule has 0 aliphatic carbocycles. The van der Waals surface area contributed by atoms with Crippen LogP contribution in [0.1, 0.15) is 50.1 Å². The van der Waals surface area contributed by atoms with Gasteiger partial charge in [-0.25, -0.2) is 4.98 Å². The molecule has 0 aliphatic rings. The van der Waals surface area contributed by atoms with E-state index in [9.17, 15) is 0 Å². The lowest BCUT2D eigenvalue weighted by atomic mass is 10.0. The highest BCUT2D eigenvalue weighted by molar-refractivity contribution is 5.74. The molecule has 114 valence electrons. The summed E-state index contributed by atoms with van der Waals surface area (Å²) in [5.41, 5.74) is 11.0. The molecule has 0 saturated carbocycles. The van der Waals surface area contributed by atoms with Gasteiger partial charge < -0.3 is 10.3 Å². The zero-order valence-electron chi connectivity index (χ0n) is 13.7. The van der Waals surface area contributed by atoms with Gasteiger partial charge in [-0.3, -0.25) is 0 Å². The lowest BCUT2D eigenvalue weighted by Crippen LogP contribution is -2.07. The van der Waals surface area contributed by atoms with Crippen LogP contribution in [0.3, 0.4) is 0 Å². The summed E-state index contributed by atoms with van der Waals surface area (Å²) >= 11 is 0. The fraction of sp³-hybridized carbons (Fsp3) is 0.500. The smallest absolute Gasteiger partial charge is 0.131 e. The van der Waals surface area contributed by atoms with Gasteiger partial charge in [0.2, 0.25) is 0 Å². The van der Waals surface area contributed by atoms with Crippen LogP contribution in [0.2, 0.25) is 0 Å². The van der Waals surface area contributed by atoms with E-state index in [1.165, 1.54) is 17.5 Å². The molecule has 0 unspecified atom stereocenters. The van der Waals surface area contributed by atoms with Gasteiger partial charge in [-0.2, -0.15) is 0 Å². The SMILES string of the molecule is CCCCn1c(CCC)nc(-c2ccc(C)cc2C)c1N. The summed E-state index contributed by atoms with van der Waals surface area (Å²) in [5.74, 6) is 1.94. The molecular formula is C18H27N3. The molecule has 0 bridgehead atoms. The molecule has 0 amide bonds. The quantitative estimate of drug-likeness (QED) is 0.849. The summed E-state index contributed by atoms with van der Waals surface area (Å²) in [7, 11) is 0. The van der Waals surface area contributed by atoms with Gasteiger partial charge in [-0.05, 0) is 32.3 Å². The Labute approximate surface area is 128 Å². The Bertz CT molecular complexity index is 611. The number of aryl methyl sites for hydroxylation is 3. The number of aromatic nitrogens is 2. The molecule has 21 heavy (non-hydrogen) atoms. The zero-order chi connectivity index (χ0) is 15.4. The van der Waals surface area contributed by atoms with E-state index in [4.69, 9.17) is 10.7 Å². The molecule has 1 aromatic carbocycles. The molecule has 0 atom stereocenters. The van der Waals surface area contributed by atoms with E-state index in [0.717, 1.165) is 48.7 Å². The van der Waals surface area contributed by atoms with Crippen molar-refractivity contribution < 1.29 is 0 Å². The Kier molecular flexibility index (Phi) is 5.05. The third kappa shape index (κ3) is 3.29. The number of anilines is 1. The molecule has 1 heterocycles. The predicted octanol–water partition coefficient (Wildman–Crippen LogP) is 4.50. The van der Waals surface area contributed by atoms with Crippen LogP contribution in [0.15, 0.2) is 18.2 Å². The van der Waals surface area contributed by atoms with E-state index in [0.29, 0.717) is 0 Å². The van der Waals surface area contributed by atoms with Crippen molar-refractivity contribution >= 4 is 5.82 Å². The van der Waals surface area contributed by atoms with Crippen LogP contribution in [0.25, 0.3) is 11.3 Å². The molecule has 3 nitrogen and oxygen atoms in total. The summed E-state index contributed by atoms with van der Waals surface area (Å²) in [6.07, 6.45) is 4.39. The minimum absolute atomic E-state index is 0.818. The summed E-state index contributed by atoms with van der Waals surface area (Å²) in [6.45, 7) is 9.61. The fourth-order valence-electron chi connectivity index (χ4n) is 2.77. The largest absolute Gasteiger partial charge is 0.383 e. The molecule has 2 rings (SSSR count). The van der Waals surface area contributed by atoms with Gasteiger partial charge in [0.25, 0.3) is 0 Å². The monoisotopic (exact) mass is 285 g/mol. The first kappa shape index (κ1) is 15.6. The third-order valence-corrected chi connectivity index (χ3v) is 3.93. The lowest BCUT2D eigenvalue weighted by molar-refractivity contribution is 0.604. The molecule has 0 aliphatic heterocycles. The van der Waals surface area contributed by atoms with Crippen molar-refractivity contribution in [3.05, 3.63) is 35.2 Å². The maximum Gasteiger partial charge on any atom is 0.131 e. The van der Waals surface area contributed by atoms with Crippen molar-refractivity contribution in [2.75, 3.05) is 5.73 Å². The van der Waals surface area contributed by atoms with Gasteiger partial charge in [0, 0.05) is 18.5 Å². The van der Waals surface area contributed by atoms with Gasteiger partial charge >= 0.3 is 0 Å². The minimum Gasteiger partial charge on any atom is -0.383 e. The molecule has 0 radical (unpaired) electrons. The average Bonchev–Trinajstić information content (AvgIpc) is 2.74. The van der Waals surface area contributed by atoms with E-state index in [1.54, 1.807) is 0 Å². The second-order valence-electron chi connectivity index (χ2n) is 5.84. The van der Waals surface area contributed by atoms with Crippen LogP contribution in [-0.2, 0) is 13.0 Å². The highest BCUT2D eigenvalue weighted by Gasteiger charge is 2.16. The number of hydrogen-bond acceptors (Lipinski definition) is 2. The van der Waals surface area contributed by atoms with Crippen LogP contribution in [-0.4, -0.2) is 9.55 Å². The lowest BCUT2D eigenvalue weighted by Gasteiger charge is -2.09. The standard InChI is InChI=1S/C18H27N3/c1-5-7-11-21-16(8-6-2)20-17(18(21)19)15-10-9-13(3)12-14(15)4/h9-10,12H,5-8,11,19H2,1-4H3. The van der Waals surface area contributed by atoms with Crippen LogP contribution >= 0.6 is 0 Å². The van der Waals surface area contributed by atoms with E-state index >= 15 is 0 Å². The Morgan fingerprint density at radius 3 is 2.52 bits per heavy atom. The predicted molar refractivity (Wildman–Crippen MR) is 90.5 cm³/mol. The molecule has 2 aromatic rings. The van der Waals surface area contributed by atoms with Gasteiger partial charge in [0.15, 0.2) is 0 Å². The van der Waals surface area contributed by atoms with Crippen molar-refractivity contribution in [1.29, 1.82) is 0 Å². The first-order valence-electron chi connectivity index (χ1n) is 8.01. The Balaban J connectivity index is 2.48. The van der Waals surface area contributed by atoms with Crippen LogP contribution in [0.5, 0.6) is 0 Å². The summed E-state index contributed by atoms with van der Waals surface area (Å²) < 4.78 is 2.21. The second-order valence-corrected chi connectivity index (χ2v) is 5.84. The number of hydrogen-bond donors (Lipinski definition) is 1. The van der Waals surface area contributed by atoms with E-state index in [-0.39, 0.29) is 0 Å². The molecule has 0 spiro atoms. The van der Waals surface area contributed by atoms with Crippen molar-refractivity contribution in [3.8, 4) is 11.3 Å².